The highest BCUT2D eigenvalue weighted by Gasteiger charge is 2.18. The molecule has 3 aromatic rings. The average Bonchev–Trinajstić information content (AvgIpc) is 3.01. The van der Waals surface area contributed by atoms with Gasteiger partial charge in [-0.25, -0.2) is 8.42 Å². The van der Waals surface area contributed by atoms with Crippen LogP contribution in [0.1, 0.15) is 31.9 Å². The maximum absolute atomic E-state index is 12.6. The van der Waals surface area contributed by atoms with Crippen LogP contribution in [-0.4, -0.2) is 18.2 Å². The van der Waals surface area contributed by atoms with Gasteiger partial charge in [0.15, 0.2) is 5.82 Å². The molecule has 0 aliphatic heterocycles. The number of benzene rings is 2. The Kier molecular flexibility index (Phi) is 4.87. The molecule has 0 amide bonds. The van der Waals surface area contributed by atoms with Crippen molar-refractivity contribution in [3.63, 3.8) is 0 Å². The summed E-state index contributed by atoms with van der Waals surface area (Å²) in [5.74, 6) is 0.306. The van der Waals surface area contributed by atoms with Crippen LogP contribution < -0.4 is 4.72 Å². The van der Waals surface area contributed by atoms with E-state index in [9.17, 15) is 8.42 Å². The van der Waals surface area contributed by atoms with Crippen molar-refractivity contribution >= 4 is 15.8 Å². The minimum Gasteiger partial charge on any atom is -0.266 e. The van der Waals surface area contributed by atoms with Crippen molar-refractivity contribution in [1.29, 1.82) is 0 Å². The zero-order chi connectivity index (χ0) is 18.8. The number of nitrogens with one attached hydrogen (secondary N) is 1. The van der Waals surface area contributed by atoms with Gasteiger partial charge in [0.25, 0.3) is 10.0 Å². The topological polar surface area (TPSA) is 64.0 Å². The molecule has 5 nitrogen and oxygen atoms in total. The summed E-state index contributed by atoms with van der Waals surface area (Å²) < 4.78 is 29.4. The molecule has 0 spiro atoms. The summed E-state index contributed by atoms with van der Waals surface area (Å²) >= 11 is 0. The van der Waals surface area contributed by atoms with Crippen LogP contribution in [0.2, 0.25) is 0 Å². The molecule has 0 atom stereocenters. The van der Waals surface area contributed by atoms with Gasteiger partial charge in [-0.2, -0.15) is 5.10 Å². The third-order valence-electron chi connectivity index (χ3n) is 4.10. The summed E-state index contributed by atoms with van der Waals surface area (Å²) in [5, 5.41) is 4.30. The molecule has 0 unspecified atom stereocenters. The molecule has 0 saturated carbocycles. The first-order valence-corrected chi connectivity index (χ1v) is 9.93. The van der Waals surface area contributed by atoms with Gasteiger partial charge in [-0.1, -0.05) is 63.2 Å². The van der Waals surface area contributed by atoms with Crippen molar-refractivity contribution < 1.29 is 8.42 Å². The summed E-state index contributed by atoms with van der Waals surface area (Å²) in [7, 11) is -3.66. The first kappa shape index (κ1) is 18.2. The number of aromatic nitrogens is 2. The normalized spacial score (nSPS) is 12.1. The summed E-state index contributed by atoms with van der Waals surface area (Å²) in [4.78, 5) is 0.225. The van der Waals surface area contributed by atoms with Gasteiger partial charge in [-0.3, -0.25) is 9.40 Å². The Bertz CT molecular complexity index is 970. The first-order chi connectivity index (χ1) is 12.2. The van der Waals surface area contributed by atoms with Crippen molar-refractivity contribution in [1.82, 2.24) is 9.78 Å². The lowest BCUT2D eigenvalue weighted by Crippen LogP contribution is -2.15. The molecule has 6 heteroatoms. The van der Waals surface area contributed by atoms with Crippen LogP contribution in [0.25, 0.3) is 0 Å². The monoisotopic (exact) mass is 369 g/mol. The number of anilines is 1. The molecule has 0 bridgehead atoms. The fraction of sp³-hybridized carbons (Fsp3) is 0.250. The van der Waals surface area contributed by atoms with Crippen LogP contribution in [0.15, 0.2) is 71.8 Å². The van der Waals surface area contributed by atoms with Crippen molar-refractivity contribution in [2.75, 3.05) is 4.72 Å². The van der Waals surface area contributed by atoms with E-state index in [1.807, 2.05) is 42.5 Å². The molecule has 1 heterocycles. The predicted molar refractivity (Wildman–Crippen MR) is 104 cm³/mol. The zero-order valence-corrected chi connectivity index (χ0v) is 16.0. The third-order valence-corrected chi connectivity index (χ3v) is 5.47. The van der Waals surface area contributed by atoms with Crippen LogP contribution in [0.5, 0.6) is 0 Å². The van der Waals surface area contributed by atoms with Gasteiger partial charge in [0.05, 0.1) is 11.4 Å². The Labute approximate surface area is 154 Å². The summed E-state index contributed by atoms with van der Waals surface area (Å²) in [6, 6.07) is 18.5. The van der Waals surface area contributed by atoms with Crippen LogP contribution >= 0.6 is 0 Å². The van der Waals surface area contributed by atoms with E-state index in [0.29, 0.717) is 12.4 Å². The van der Waals surface area contributed by atoms with E-state index in [4.69, 9.17) is 0 Å². The van der Waals surface area contributed by atoms with Gasteiger partial charge < -0.3 is 0 Å². The summed E-state index contributed by atoms with van der Waals surface area (Å²) in [6.45, 7) is 6.86. The van der Waals surface area contributed by atoms with Gasteiger partial charge in [0, 0.05) is 12.3 Å². The number of hydrogen-bond acceptors (Lipinski definition) is 3. The van der Waals surface area contributed by atoms with E-state index in [2.05, 4.69) is 30.6 Å². The molecule has 3 rings (SSSR count). The van der Waals surface area contributed by atoms with Crippen molar-refractivity contribution in [3.8, 4) is 0 Å². The molecule has 0 radical (unpaired) electrons. The molecular weight excluding hydrogens is 346 g/mol. The van der Waals surface area contributed by atoms with Gasteiger partial charge >= 0.3 is 0 Å². The highest BCUT2D eigenvalue weighted by molar-refractivity contribution is 7.92. The molecule has 0 saturated heterocycles. The number of hydrogen-bond donors (Lipinski definition) is 1. The summed E-state index contributed by atoms with van der Waals surface area (Å²) in [6.07, 6.45) is 1.76. The minimum absolute atomic E-state index is 0.0219. The van der Waals surface area contributed by atoms with E-state index in [-0.39, 0.29) is 10.3 Å². The average molecular weight is 369 g/mol. The van der Waals surface area contributed by atoms with Gasteiger partial charge in [0.1, 0.15) is 0 Å². The van der Waals surface area contributed by atoms with Crippen LogP contribution in [0, 0.1) is 0 Å². The molecular formula is C20H23N3O2S. The fourth-order valence-electron chi connectivity index (χ4n) is 2.61. The van der Waals surface area contributed by atoms with Gasteiger partial charge in [-0.15, -0.1) is 0 Å². The predicted octanol–water partition coefficient (Wildman–Crippen LogP) is 4.03. The van der Waals surface area contributed by atoms with E-state index in [1.165, 1.54) is 0 Å². The van der Waals surface area contributed by atoms with Crippen LogP contribution in [0.3, 0.4) is 0 Å². The van der Waals surface area contributed by atoms with E-state index in [0.717, 1.165) is 11.1 Å². The molecule has 26 heavy (non-hydrogen) atoms. The molecule has 2 aromatic carbocycles. The zero-order valence-electron chi connectivity index (χ0n) is 15.2. The molecule has 0 aliphatic rings. The fourth-order valence-corrected chi connectivity index (χ4v) is 3.60. The molecule has 0 aliphatic carbocycles. The summed E-state index contributed by atoms with van der Waals surface area (Å²) in [5.41, 5.74) is 2.16. The Hall–Kier alpha value is -2.60. The van der Waals surface area contributed by atoms with Crippen LogP contribution in [-0.2, 0) is 22.0 Å². The highest BCUT2D eigenvalue weighted by atomic mass is 32.2. The lowest BCUT2D eigenvalue weighted by atomic mass is 9.87. The Balaban J connectivity index is 1.74. The SMILES string of the molecule is CC(C)(C)c1ccc(S(=O)(=O)Nc2ccn(Cc3ccccc3)n2)cc1. The second kappa shape index (κ2) is 6.96. The number of rotatable bonds is 5. The largest absolute Gasteiger partial charge is 0.266 e. The van der Waals surface area contributed by atoms with Gasteiger partial charge in [0.2, 0.25) is 0 Å². The maximum atomic E-state index is 12.6. The van der Waals surface area contributed by atoms with Crippen LogP contribution in [0.4, 0.5) is 5.82 Å². The maximum Gasteiger partial charge on any atom is 0.263 e. The second-order valence-corrected chi connectivity index (χ2v) is 8.95. The van der Waals surface area contributed by atoms with E-state index >= 15 is 0 Å². The lowest BCUT2D eigenvalue weighted by Gasteiger charge is -2.19. The smallest absolute Gasteiger partial charge is 0.263 e. The van der Waals surface area contributed by atoms with Crippen molar-refractivity contribution in [2.24, 2.45) is 0 Å². The minimum atomic E-state index is -3.66. The first-order valence-electron chi connectivity index (χ1n) is 8.45. The molecule has 1 N–H and O–H groups in total. The second-order valence-electron chi connectivity index (χ2n) is 7.26. The molecule has 0 fully saturated rings. The number of nitrogens with zero attached hydrogens (tertiary/aromatic N) is 2. The standard InChI is InChI=1S/C20H23N3O2S/c1-20(2,3)17-9-11-18(12-10-17)26(24,25)22-19-13-14-23(21-19)15-16-7-5-4-6-8-16/h4-14H,15H2,1-3H3,(H,21,22). The van der Waals surface area contributed by atoms with Crippen molar-refractivity contribution in [3.05, 3.63) is 78.0 Å². The highest BCUT2D eigenvalue weighted by Crippen LogP contribution is 2.24. The quantitative estimate of drug-likeness (QED) is 0.738. The van der Waals surface area contributed by atoms with E-state index < -0.39 is 10.0 Å². The Morgan fingerprint density at radius 2 is 1.62 bits per heavy atom. The Morgan fingerprint density at radius 3 is 2.23 bits per heavy atom. The van der Waals surface area contributed by atoms with Crippen molar-refractivity contribution in [2.45, 2.75) is 37.6 Å². The molecule has 1 aromatic heterocycles. The third kappa shape index (κ3) is 4.32. The van der Waals surface area contributed by atoms with E-state index in [1.54, 1.807) is 29.1 Å². The lowest BCUT2D eigenvalue weighted by molar-refractivity contribution is 0.587. The molecule has 136 valence electrons. The van der Waals surface area contributed by atoms with Gasteiger partial charge in [-0.05, 0) is 28.7 Å². The Morgan fingerprint density at radius 1 is 0.962 bits per heavy atom. The number of sulfonamides is 1.